The Bertz CT molecular complexity index is 207. The second-order valence-corrected chi connectivity index (χ2v) is 5.05. The summed E-state index contributed by atoms with van der Waals surface area (Å²) in [6.07, 6.45) is 1.36. The second-order valence-electron chi connectivity index (χ2n) is 5.05. The summed E-state index contributed by atoms with van der Waals surface area (Å²) in [5, 5.41) is 0. The molecule has 0 aliphatic rings. The van der Waals surface area contributed by atoms with Crippen molar-refractivity contribution in [2.75, 3.05) is 26.2 Å². The van der Waals surface area contributed by atoms with Crippen molar-refractivity contribution in [1.29, 1.82) is 0 Å². The van der Waals surface area contributed by atoms with Gasteiger partial charge in [-0.05, 0) is 53.2 Å². The summed E-state index contributed by atoms with van der Waals surface area (Å²) >= 11 is 0. The molecule has 0 atom stereocenters. The fourth-order valence-corrected chi connectivity index (χ4v) is 1.41. The Kier molecular flexibility index (Phi) is 7.96. The molecular weight excluding hydrogens is 218 g/mol. The molecule has 0 aliphatic heterocycles. The standard InChI is InChI=1S/C13H27NO3/c1-6-14(7-2)10-8-9-11-16-12(15)17-13(3,4)5/h6-11H2,1-5H3. The lowest BCUT2D eigenvalue weighted by Crippen LogP contribution is -2.25. The van der Waals surface area contributed by atoms with Crippen LogP contribution in [0.25, 0.3) is 0 Å². The molecule has 0 aromatic heterocycles. The largest absolute Gasteiger partial charge is 0.508 e. The van der Waals surface area contributed by atoms with Gasteiger partial charge in [0.1, 0.15) is 5.60 Å². The molecule has 0 unspecified atom stereocenters. The third-order valence-corrected chi connectivity index (χ3v) is 2.37. The van der Waals surface area contributed by atoms with E-state index in [1.807, 2.05) is 20.8 Å². The van der Waals surface area contributed by atoms with E-state index in [4.69, 9.17) is 9.47 Å². The summed E-state index contributed by atoms with van der Waals surface area (Å²) in [6.45, 7) is 13.4. The number of unbranched alkanes of at least 4 members (excludes halogenated alkanes) is 1. The van der Waals surface area contributed by atoms with Gasteiger partial charge in [-0.25, -0.2) is 4.79 Å². The molecule has 4 heteroatoms. The highest BCUT2D eigenvalue weighted by Crippen LogP contribution is 2.08. The van der Waals surface area contributed by atoms with Crippen molar-refractivity contribution >= 4 is 6.16 Å². The maximum Gasteiger partial charge on any atom is 0.508 e. The van der Waals surface area contributed by atoms with Gasteiger partial charge in [-0.2, -0.15) is 0 Å². The Morgan fingerprint density at radius 1 is 1.12 bits per heavy atom. The van der Waals surface area contributed by atoms with Gasteiger partial charge < -0.3 is 14.4 Å². The van der Waals surface area contributed by atoms with Gasteiger partial charge in [-0.15, -0.1) is 0 Å². The van der Waals surface area contributed by atoms with E-state index in [0.717, 1.165) is 32.5 Å². The Labute approximate surface area is 105 Å². The summed E-state index contributed by atoms with van der Waals surface area (Å²) < 4.78 is 10.0. The van der Waals surface area contributed by atoms with E-state index < -0.39 is 11.8 Å². The van der Waals surface area contributed by atoms with Crippen molar-refractivity contribution in [3.05, 3.63) is 0 Å². The van der Waals surface area contributed by atoms with E-state index in [1.54, 1.807) is 0 Å². The van der Waals surface area contributed by atoms with E-state index in [-0.39, 0.29) is 0 Å². The summed E-state index contributed by atoms with van der Waals surface area (Å²) in [7, 11) is 0. The number of nitrogens with zero attached hydrogens (tertiary/aromatic N) is 1. The van der Waals surface area contributed by atoms with Gasteiger partial charge in [0.05, 0.1) is 6.61 Å². The van der Waals surface area contributed by atoms with E-state index in [2.05, 4.69) is 18.7 Å². The molecule has 0 aromatic carbocycles. The zero-order valence-electron chi connectivity index (χ0n) is 11.9. The van der Waals surface area contributed by atoms with Gasteiger partial charge in [0.2, 0.25) is 0 Å². The molecule has 0 fully saturated rings. The monoisotopic (exact) mass is 245 g/mol. The van der Waals surface area contributed by atoms with Crippen LogP contribution in [-0.2, 0) is 9.47 Å². The SMILES string of the molecule is CCN(CC)CCCCOC(=O)OC(C)(C)C. The van der Waals surface area contributed by atoms with Crippen molar-refractivity contribution in [2.24, 2.45) is 0 Å². The average Bonchev–Trinajstić information content (AvgIpc) is 2.21. The number of hydrogen-bond donors (Lipinski definition) is 0. The Morgan fingerprint density at radius 3 is 2.18 bits per heavy atom. The third-order valence-electron chi connectivity index (χ3n) is 2.37. The molecule has 0 bridgehead atoms. The van der Waals surface area contributed by atoms with E-state index >= 15 is 0 Å². The molecule has 0 spiro atoms. The molecule has 0 radical (unpaired) electrons. The van der Waals surface area contributed by atoms with E-state index in [0.29, 0.717) is 6.61 Å². The van der Waals surface area contributed by atoms with Gasteiger partial charge in [-0.1, -0.05) is 13.8 Å². The maximum absolute atomic E-state index is 11.2. The summed E-state index contributed by atoms with van der Waals surface area (Å²) in [4.78, 5) is 13.6. The van der Waals surface area contributed by atoms with Gasteiger partial charge in [0.25, 0.3) is 0 Å². The lowest BCUT2D eigenvalue weighted by molar-refractivity contribution is -0.00784. The fourth-order valence-electron chi connectivity index (χ4n) is 1.41. The molecule has 0 saturated heterocycles. The van der Waals surface area contributed by atoms with Crippen LogP contribution in [0.2, 0.25) is 0 Å². The highest BCUT2D eigenvalue weighted by atomic mass is 16.7. The molecule has 0 rings (SSSR count). The van der Waals surface area contributed by atoms with Crippen LogP contribution in [-0.4, -0.2) is 42.9 Å². The molecule has 0 amide bonds. The fraction of sp³-hybridized carbons (Fsp3) is 0.923. The Balaban J connectivity index is 3.49. The number of carbonyl (C=O) groups excluding carboxylic acids is 1. The third kappa shape index (κ3) is 10.1. The topological polar surface area (TPSA) is 38.8 Å². The van der Waals surface area contributed by atoms with E-state index in [9.17, 15) is 4.79 Å². The smallest absolute Gasteiger partial charge is 0.434 e. The van der Waals surface area contributed by atoms with Crippen LogP contribution in [0.4, 0.5) is 4.79 Å². The van der Waals surface area contributed by atoms with E-state index in [1.165, 1.54) is 0 Å². The van der Waals surface area contributed by atoms with Gasteiger partial charge >= 0.3 is 6.16 Å². The number of carbonyl (C=O) groups is 1. The van der Waals surface area contributed by atoms with Gasteiger partial charge in [0, 0.05) is 0 Å². The normalized spacial score (nSPS) is 11.6. The number of ether oxygens (including phenoxy) is 2. The molecule has 0 N–H and O–H groups in total. The van der Waals surface area contributed by atoms with Crippen LogP contribution in [0.15, 0.2) is 0 Å². The second kappa shape index (κ2) is 8.34. The van der Waals surface area contributed by atoms with Crippen LogP contribution in [0, 0.1) is 0 Å². The van der Waals surface area contributed by atoms with Gasteiger partial charge in [0.15, 0.2) is 0 Å². The summed E-state index contributed by atoms with van der Waals surface area (Å²) in [6, 6.07) is 0. The first-order chi connectivity index (χ1) is 7.89. The first kappa shape index (κ1) is 16.2. The van der Waals surface area contributed by atoms with Crippen molar-refractivity contribution in [1.82, 2.24) is 4.90 Å². The number of rotatable bonds is 7. The van der Waals surface area contributed by atoms with Crippen molar-refractivity contribution < 1.29 is 14.3 Å². The average molecular weight is 245 g/mol. The maximum atomic E-state index is 11.2. The van der Waals surface area contributed by atoms with Crippen LogP contribution < -0.4 is 0 Å². The quantitative estimate of drug-likeness (QED) is 0.510. The predicted octanol–water partition coefficient (Wildman–Crippen LogP) is 3.06. The molecular formula is C13H27NO3. The van der Waals surface area contributed by atoms with Crippen LogP contribution in [0.1, 0.15) is 47.5 Å². The molecule has 0 aromatic rings. The van der Waals surface area contributed by atoms with Crippen molar-refractivity contribution in [2.45, 2.75) is 53.1 Å². The first-order valence-corrected chi connectivity index (χ1v) is 6.47. The predicted molar refractivity (Wildman–Crippen MR) is 69.2 cm³/mol. The van der Waals surface area contributed by atoms with Crippen molar-refractivity contribution in [3.63, 3.8) is 0 Å². The zero-order valence-corrected chi connectivity index (χ0v) is 11.9. The molecule has 17 heavy (non-hydrogen) atoms. The minimum Gasteiger partial charge on any atom is -0.434 e. The molecule has 0 saturated carbocycles. The number of hydrogen-bond acceptors (Lipinski definition) is 4. The lowest BCUT2D eigenvalue weighted by atomic mass is 10.2. The highest BCUT2D eigenvalue weighted by Gasteiger charge is 2.16. The molecule has 0 aliphatic carbocycles. The van der Waals surface area contributed by atoms with Crippen LogP contribution in [0.3, 0.4) is 0 Å². The highest BCUT2D eigenvalue weighted by molar-refractivity contribution is 5.60. The van der Waals surface area contributed by atoms with Crippen LogP contribution in [0.5, 0.6) is 0 Å². The minimum atomic E-state index is -0.569. The zero-order chi connectivity index (χ0) is 13.3. The van der Waals surface area contributed by atoms with Crippen molar-refractivity contribution in [3.8, 4) is 0 Å². The first-order valence-electron chi connectivity index (χ1n) is 6.47. The molecule has 4 nitrogen and oxygen atoms in total. The minimum absolute atomic E-state index is 0.441. The molecule has 102 valence electrons. The lowest BCUT2D eigenvalue weighted by Gasteiger charge is -2.19. The summed E-state index contributed by atoms with van der Waals surface area (Å²) in [5.74, 6) is 0. The molecule has 0 heterocycles. The van der Waals surface area contributed by atoms with Gasteiger partial charge in [-0.3, -0.25) is 0 Å². The van der Waals surface area contributed by atoms with Crippen LogP contribution >= 0.6 is 0 Å². The summed E-state index contributed by atoms with van der Waals surface area (Å²) in [5.41, 5.74) is -0.474. The Morgan fingerprint density at radius 2 is 1.71 bits per heavy atom. The Hall–Kier alpha value is -0.770.